The Balaban J connectivity index is 1.76. The normalized spacial score (nSPS) is 21.5. The van der Waals surface area contributed by atoms with Crippen molar-refractivity contribution in [3.8, 4) is 17.2 Å². The van der Waals surface area contributed by atoms with Gasteiger partial charge in [0.2, 0.25) is 0 Å². The molecule has 0 saturated carbocycles. The van der Waals surface area contributed by atoms with Crippen LogP contribution in [-0.4, -0.2) is 57.1 Å². The number of phenols is 1. The average molecular weight is 494 g/mol. The predicted octanol–water partition coefficient (Wildman–Crippen LogP) is 4.17. The molecule has 0 radical (unpaired) electrons. The van der Waals surface area contributed by atoms with Crippen LogP contribution in [0.25, 0.3) is 0 Å². The van der Waals surface area contributed by atoms with Crippen molar-refractivity contribution < 1.29 is 33.6 Å². The summed E-state index contributed by atoms with van der Waals surface area (Å²) in [5.41, 5.74) is 3.49. The first-order valence-electron chi connectivity index (χ1n) is 11.9. The molecule has 8 nitrogen and oxygen atoms in total. The molecule has 1 unspecified atom stereocenters. The fourth-order valence-electron chi connectivity index (χ4n) is 5.04. The molecule has 0 amide bonds. The highest BCUT2D eigenvalue weighted by Crippen LogP contribution is 2.48. The Hall–Kier alpha value is -3.65. The van der Waals surface area contributed by atoms with Crippen LogP contribution in [0.15, 0.2) is 58.7 Å². The summed E-state index contributed by atoms with van der Waals surface area (Å²) < 4.78 is 21.1. The molecule has 36 heavy (non-hydrogen) atoms. The third-order valence-electron chi connectivity index (χ3n) is 6.82. The number of hydrogen-bond acceptors (Lipinski definition) is 8. The summed E-state index contributed by atoms with van der Waals surface area (Å²) in [5, 5.41) is 10.1. The smallest absolute Gasteiger partial charge is 0.315 e. The fourth-order valence-corrected chi connectivity index (χ4v) is 5.04. The zero-order valence-corrected chi connectivity index (χ0v) is 20.9. The third-order valence-corrected chi connectivity index (χ3v) is 6.82. The number of ketones is 1. The molecule has 0 saturated heterocycles. The fraction of sp³-hybridized carbons (Fsp3) is 0.393. The molecule has 0 spiro atoms. The Morgan fingerprint density at radius 1 is 1.00 bits per heavy atom. The second-order valence-corrected chi connectivity index (χ2v) is 8.96. The molecule has 0 bridgehead atoms. The number of phenolic OH excluding ortho intramolecular Hbond substituents is 1. The van der Waals surface area contributed by atoms with E-state index in [9.17, 15) is 14.7 Å². The number of rotatable bonds is 8. The number of aromatic hydroxyl groups is 1. The number of hydrogen-bond donors (Lipinski definition) is 1. The quantitative estimate of drug-likeness (QED) is 0.435. The van der Waals surface area contributed by atoms with Crippen LogP contribution in [0.3, 0.4) is 0 Å². The largest absolute Gasteiger partial charge is 0.504 e. The number of nitrogens with zero attached hydrogens (tertiary/aromatic N) is 1. The van der Waals surface area contributed by atoms with Crippen LogP contribution in [0.2, 0.25) is 0 Å². The van der Waals surface area contributed by atoms with Gasteiger partial charge in [0.25, 0.3) is 0 Å². The van der Waals surface area contributed by atoms with Gasteiger partial charge in [-0.05, 0) is 54.7 Å². The first-order valence-corrected chi connectivity index (χ1v) is 11.9. The maximum Gasteiger partial charge on any atom is 0.315 e. The van der Waals surface area contributed by atoms with Crippen LogP contribution >= 0.6 is 0 Å². The number of ether oxygens (including phenoxy) is 4. The van der Waals surface area contributed by atoms with E-state index in [4.69, 9.17) is 23.9 Å². The zero-order valence-electron chi connectivity index (χ0n) is 20.9. The lowest BCUT2D eigenvalue weighted by molar-refractivity contribution is -0.147. The van der Waals surface area contributed by atoms with Gasteiger partial charge < -0.3 is 24.1 Å². The van der Waals surface area contributed by atoms with Gasteiger partial charge in [0, 0.05) is 36.4 Å². The lowest BCUT2D eigenvalue weighted by atomic mass is 9.69. The van der Waals surface area contributed by atoms with Crippen LogP contribution in [0.4, 0.5) is 0 Å². The van der Waals surface area contributed by atoms with Gasteiger partial charge >= 0.3 is 5.97 Å². The summed E-state index contributed by atoms with van der Waals surface area (Å²) in [6.07, 6.45) is 0.874. The van der Waals surface area contributed by atoms with E-state index in [1.165, 1.54) is 20.3 Å². The zero-order chi connectivity index (χ0) is 25.8. The van der Waals surface area contributed by atoms with Crippen molar-refractivity contribution in [1.82, 2.24) is 0 Å². The van der Waals surface area contributed by atoms with E-state index in [-0.39, 0.29) is 36.4 Å². The topological polar surface area (TPSA) is 104 Å². The minimum absolute atomic E-state index is 0.0228. The van der Waals surface area contributed by atoms with Crippen molar-refractivity contribution >= 4 is 17.5 Å². The molecular formula is C28H31NO7. The molecule has 4 rings (SSSR count). The number of esters is 1. The Morgan fingerprint density at radius 2 is 1.72 bits per heavy atom. The van der Waals surface area contributed by atoms with Crippen LogP contribution in [-0.2, 0) is 19.1 Å². The Bertz CT molecular complexity index is 1200. The first-order chi connectivity index (χ1) is 17.4. The van der Waals surface area contributed by atoms with Crippen LogP contribution in [0.1, 0.15) is 42.7 Å². The predicted molar refractivity (Wildman–Crippen MR) is 134 cm³/mol. The second kappa shape index (κ2) is 11.0. The summed E-state index contributed by atoms with van der Waals surface area (Å²) in [6, 6.07) is 12.6. The number of Topliss-reactive ketones (excluding diaryl/α,β-unsaturated/α-hetero) is 1. The maximum atomic E-state index is 13.7. The molecule has 190 valence electrons. The lowest BCUT2D eigenvalue weighted by Crippen LogP contribution is -2.38. The Morgan fingerprint density at radius 3 is 2.39 bits per heavy atom. The van der Waals surface area contributed by atoms with Crippen molar-refractivity contribution in [3.05, 3.63) is 64.9 Å². The van der Waals surface area contributed by atoms with Crippen LogP contribution in [0, 0.1) is 5.92 Å². The molecule has 2 aromatic carbocycles. The number of methoxy groups -OCH3 is 3. The molecule has 0 aromatic heterocycles. The van der Waals surface area contributed by atoms with Gasteiger partial charge in [0.05, 0.1) is 20.8 Å². The molecule has 8 heteroatoms. The second-order valence-electron chi connectivity index (χ2n) is 8.96. The maximum absolute atomic E-state index is 13.7. The minimum Gasteiger partial charge on any atom is -0.504 e. The number of aliphatic imine (C=N–C) groups is 1. The van der Waals surface area contributed by atoms with Crippen molar-refractivity contribution in [2.75, 3.05) is 34.5 Å². The molecule has 3 atom stereocenters. The summed E-state index contributed by atoms with van der Waals surface area (Å²) in [5.74, 6) is -0.946. The summed E-state index contributed by atoms with van der Waals surface area (Å²) in [7, 11) is 4.60. The average Bonchev–Trinajstić information content (AvgIpc) is 2.88. The number of carbonyl (C=O) groups is 2. The summed E-state index contributed by atoms with van der Waals surface area (Å²) in [6.45, 7) is 2.16. The van der Waals surface area contributed by atoms with Crippen molar-refractivity contribution in [2.24, 2.45) is 10.9 Å². The molecule has 2 aliphatic rings. The van der Waals surface area contributed by atoms with Crippen molar-refractivity contribution in [1.29, 1.82) is 0 Å². The van der Waals surface area contributed by atoms with Gasteiger partial charge in [-0.15, -0.1) is 0 Å². The van der Waals surface area contributed by atoms with Crippen LogP contribution in [0.5, 0.6) is 17.2 Å². The molecule has 1 aliphatic heterocycles. The highest BCUT2D eigenvalue weighted by atomic mass is 16.6. The van der Waals surface area contributed by atoms with Gasteiger partial charge in [-0.3, -0.25) is 14.6 Å². The third kappa shape index (κ3) is 4.99. The monoisotopic (exact) mass is 493 g/mol. The molecule has 1 N–H and O–H groups in total. The highest BCUT2D eigenvalue weighted by molar-refractivity contribution is 6.09. The Labute approximate surface area is 210 Å². The summed E-state index contributed by atoms with van der Waals surface area (Å²) >= 11 is 0. The molecule has 0 fully saturated rings. The van der Waals surface area contributed by atoms with E-state index in [0.717, 1.165) is 11.3 Å². The molecule has 2 aromatic rings. The Kier molecular flexibility index (Phi) is 7.74. The van der Waals surface area contributed by atoms with Gasteiger partial charge in [-0.1, -0.05) is 18.2 Å². The standard InChI is InChI=1S/C28H31NO7/c1-16-25(28(32)36-12-11-33-2)26(18-7-10-22(30)24(15-18)35-4)27-21(29-16)13-19(14-23(27)31)17-5-8-20(34-3)9-6-17/h5-10,15,19,25-26,30H,11-14H2,1-4H3/t19-,25?,26+/m1/s1. The van der Waals surface area contributed by atoms with Gasteiger partial charge in [0.1, 0.15) is 18.3 Å². The molecule has 1 heterocycles. The van der Waals surface area contributed by atoms with E-state index >= 15 is 0 Å². The number of allylic oxidation sites excluding steroid dienone is 2. The van der Waals surface area contributed by atoms with Crippen molar-refractivity contribution in [2.45, 2.75) is 31.6 Å². The highest BCUT2D eigenvalue weighted by Gasteiger charge is 2.45. The van der Waals surface area contributed by atoms with E-state index in [1.54, 1.807) is 26.2 Å². The SMILES string of the molecule is COCCOC(=O)C1C(C)=NC2=C(C(=O)C[C@H](c3ccc(OC)cc3)C2)[C@H]1c1ccc(O)c(OC)c1. The lowest BCUT2D eigenvalue weighted by Gasteiger charge is -2.36. The number of carbonyl (C=O) groups excluding carboxylic acids is 2. The minimum atomic E-state index is -0.781. The first kappa shape index (κ1) is 25.4. The summed E-state index contributed by atoms with van der Waals surface area (Å²) in [4.78, 5) is 31.7. The van der Waals surface area contributed by atoms with Crippen molar-refractivity contribution in [3.63, 3.8) is 0 Å². The van der Waals surface area contributed by atoms with Crippen LogP contribution < -0.4 is 9.47 Å². The van der Waals surface area contributed by atoms with Gasteiger partial charge in [0.15, 0.2) is 17.3 Å². The van der Waals surface area contributed by atoms with E-state index in [0.29, 0.717) is 35.4 Å². The van der Waals surface area contributed by atoms with Gasteiger partial charge in [-0.2, -0.15) is 0 Å². The number of benzene rings is 2. The molecule has 1 aliphatic carbocycles. The van der Waals surface area contributed by atoms with E-state index in [2.05, 4.69) is 0 Å². The molecular weight excluding hydrogens is 462 g/mol. The van der Waals surface area contributed by atoms with E-state index in [1.807, 2.05) is 24.3 Å². The van der Waals surface area contributed by atoms with E-state index < -0.39 is 17.8 Å². The van der Waals surface area contributed by atoms with Gasteiger partial charge in [-0.25, -0.2) is 0 Å².